The summed E-state index contributed by atoms with van der Waals surface area (Å²) in [5.41, 5.74) is 0.478. The van der Waals surface area contributed by atoms with E-state index in [1.165, 1.54) is 5.56 Å². The predicted molar refractivity (Wildman–Crippen MR) is 128 cm³/mol. The summed E-state index contributed by atoms with van der Waals surface area (Å²) in [6.07, 6.45) is 0.409. The molecule has 4 rings (SSSR count). The summed E-state index contributed by atoms with van der Waals surface area (Å²) in [7, 11) is 0. The van der Waals surface area contributed by atoms with Crippen LogP contribution >= 0.6 is 0 Å². The number of likely N-dealkylation sites (tertiary alicyclic amines) is 1. The van der Waals surface area contributed by atoms with Crippen LogP contribution in [-0.4, -0.2) is 71.1 Å². The molecule has 0 unspecified atom stereocenters. The average Bonchev–Trinajstić information content (AvgIpc) is 2.85. The molecule has 3 heterocycles. The van der Waals surface area contributed by atoms with Gasteiger partial charge in [-0.1, -0.05) is 30.3 Å². The first kappa shape index (κ1) is 25.2. The second-order valence-electron chi connectivity index (χ2n) is 9.48. The fraction of sp³-hybridized carbons (Fsp3) is 0.560. The van der Waals surface area contributed by atoms with Crippen molar-refractivity contribution in [2.45, 2.75) is 44.9 Å². The van der Waals surface area contributed by atoms with Crippen LogP contribution in [0.2, 0.25) is 0 Å². The molecule has 2 amide bonds. The summed E-state index contributed by atoms with van der Waals surface area (Å²) in [5, 5.41) is 3.06. The maximum absolute atomic E-state index is 12.7. The number of alkyl halides is 3. The van der Waals surface area contributed by atoms with E-state index in [0.29, 0.717) is 32.1 Å². The van der Waals surface area contributed by atoms with E-state index in [4.69, 9.17) is 0 Å². The van der Waals surface area contributed by atoms with Crippen molar-refractivity contribution in [2.75, 3.05) is 44.2 Å². The largest absolute Gasteiger partial charge is 0.419 e. The van der Waals surface area contributed by atoms with Gasteiger partial charge >= 0.3 is 12.2 Å². The number of anilines is 1. The summed E-state index contributed by atoms with van der Waals surface area (Å²) >= 11 is 0. The van der Waals surface area contributed by atoms with Crippen molar-refractivity contribution in [1.29, 1.82) is 0 Å². The van der Waals surface area contributed by atoms with Crippen molar-refractivity contribution in [3.05, 3.63) is 53.9 Å². The molecule has 2 fully saturated rings. The number of hydrogen-bond acceptors (Lipinski definition) is 5. The van der Waals surface area contributed by atoms with Gasteiger partial charge in [0.25, 0.3) is 0 Å². The molecule has 35 heavy (non-hydrogen) atoms. The van der Waals surface area contributed by atoms with Gasteiger partial charge < -0.3 is 15.1 Å². The molecule has 2 aliphatic rings. The number of nitrogens with zero attached hydrogens (tertiary/aromatic N) is 5. The number of halogens is 3. The normalized spacial score (nSPS) is 20.2. The quantitative estimate of drug-likeness (QED) is 0.663. The number of amides is 2. The van der Waals surface area contributed by atoms with E-state index in [-0.39, 0.29) is 18.0 Å². The van der Waals surface area contributed by atoms with Crippen LogP contribution in [-0.2, 0) is 12.7 Å². The minimum absolute atomic E-state index is 0.0907. The van der Waals surface area contributed by atoms with E-state index in [1.54, 1.807) is 4.90 Å². The molecule has 2 aromatic rings. The van der Waals surface area contributed by atoms with Crippen LogP contribution in [0.5, 0.6) is 0 Å². The zero-order valence-corrected chi connectivity index (χ0v) is 20.0. The Morgan fingerprint density at radius 2 is 1.74 bits per heavy atom. The third kappa shape index (κ3) is 6.84. The number of nitrogens with one attached hydrogen (secondary N) is 1. The number of benzene rings is 1. The van der Waals surface area contributed by atoms with E-state index >= 15 is 0 Å². The molecular formula is C25H33F3N6O. The van der Waals surface area contributed by atoms with Gasteiger partial charge in [-0.2, -0.15) is 13.2 Å². The molecule has 0 saturated carbocycles. The van der Waals surface area contributed by atoms with Crippen molar-refractivity contribution in [3.63, 3.8) is 0 Å². The molecule has 0 spiro atoms. The van der Waals surface area contributed by atoms with Crippen LogP contribution in [0.4, 0.5) is 23.9 Å². The highest BCUT2D eigenvalue weighted by Crippen LogP contribution is 2.28. The third-order valence-electron chi connectivity index (χ3n) is 6.92. The summed E-state index contributed by atoms with van der Waals surface area (Å²) in [6.45, 7) is 7.15. The SMILES string of the molecule is C[C@@H]1CN(c2ncc(C(F)(F)F)cn2)CCN1C(=O)NCCC1CCN(Cc2ccccc2)CC1. The van der Waals surface area contributed by atoms with Gasteiger partial charge in [0, 0.05) is 51.2 Å². The minimum Gasteiger partial charge on any atom is -0.338 e. The monoisotopic (exact) mass is 490 g/mol. The summed E-state index contributed by atoms with van der Waals surface area (Å²) in [4.78, 5) is 26.6. The smallest absolute Gasteiger partial charge is 0.338 e. The maximum Gasteiger partial charge on any atom is 0.419 e. The number of aromatic nitrogens is 2. The van der Waals surface area contributed by atoms with E-state index in [2.05, 4.69) is 44.5 Å². The first-order valence-corrected chi connectivity index (χ1v) is 12.2. The highest BCUT2D eigenvalue weighted by atomic mass is 19.4. The first-order valence-electron chi connectivity index (χ1n) is 12.2. The van der Waals surface area contributed by atoms with Crippen molar-refractivity contribution in [3.8, 4) is 0 Å². The number of rotatable bonds is 6. The van der Waals surface area contributed by atoms with Gasteiger partial charge in [0.05, 0.1) is 5.56 Å². The Morgan fingerprint density at radius 1 is 1.06 bits per heavy atom. The molecule has 1 N–H and O–H groups in total. The second kappa shape index (κ2) is 11.2. The first-order chi connectivity index (χ1) is 16.8. The van der Waals surface area contributed by atoms with E-state index in [1.807, 2.05) is 17.9 Å². The van der Waals surface area contributed by atoms with Crippen LogP contribution in [0.25, 0.3) is 0 Å². The fourth-order valence-corrected chi connectivity index (χ4v) is 4.83. The Morgan fingerprint density at radius 3 is 2.37 bits per heavy atom. The molecule has 2 aliphatic heterocycles. The molecule has 7 nitrogen and oxygen atoms in total. The number of carbonyl (C=O) groups is 1. The van der Waals surface area contributed by atoms with Crippen LogP contribution in [0.15, 0.2) is 42.7 Å². The lowest BCUT2D eigenvalue weighted by Gasteiger charge is -2.39. The van der Waals surface area contributed by atoms with Crippen molar-refractivity contribution < 1.29 is 18.0 Å². The van der Waals surface area contributed by atoms with Gasteiger partial charge in [0.1, 0.15) is 0 Å². The third-order valence-corrected chi connectivity index (χ3v) is 6.92. The van der Waals surface area contributed by atoms with Gasteiger partial charge in [-0.05, 0) is 50.8 Å². The molecule has 1 atom stereocenters. The second-order valence-corrected chi connectivity index (χ2v) is 9.48. The zero-order valence-electron chi connectivity index (χ0n) is 20.0. The molecule has 2 saturated heterocycles. The molecule has 0 radical (unpaired) electrons. The Kier molecular flexibility index (Phi) is 8.10. The topological polar surface area (TPSA) is 64.6 Å². The molecule has 10 heteroatoms. The van der Waals surface area contributed by atoms with Crippen molar-refractivity contribution in [1.82, 2.24) is 25.1 Å². The van der Waals surface area contributed by atoms with Gasteiger partial charge in [0.15, 0.2) is 0 Å². The average molecular weight is 491 g/mol. The van der Waals surface area contributed by atoms with Crippen LogP contribution in [0, 0.1) is 5.92 Å². The Balaban J connectivity index is 1.16. The molecule has 190 valence electrons. The minimum atomic E-state index is -4.46. The number of carbonyl (C=O) groups excluding carboxylic acids is 1. The van der Waals surface area contributed by atoms with E-state index in [9.17, 15) is 18.0 Å². The van der Waals surface area contributed by atoms with Crippen molar-refractivity contribution >= 4 is 12.0 Å². The zero-order chi connectivity index (χ0) is 24.8. The highest BCUT2D eigenvalue weighted by molar-refractivity contribution is 5.74. The van der Waals surface area contributed by atoms with Gasteiger partial charge in [0.2, 0.25) is 5.95 Å². The fourth-order valence-electron chi connectivity index (χ4n) is 4.83. The Bertz CT molecular complexity index is 948. The lowest BCUT2D eigenvalue weighted by molar-refractivity contribution is -0.138. The molecular weight excluding hydrogens is 457 g/mol. The molecule has 0 aliphatic carbocycles. The summed E-state index contributed by atoms with van der Waals surface area (Å²) in [5.74, 6) is 0.872. The lowest BCUT2D eigenvalue weighted by atomic mass is 9.93. The predicted octanol–water partition coefficient (Wildman–Crippen LogP) is 4.02. The number of piperazine rings is 1. The number of hydrogen-bond donors (Lipinski definition) is 1. The Hall–Kier alpha value is -2.88. The van der Waals surface area contributed by atoms with E-state index in [0.717, 1.165) is 51.3 Å². The number of urea groups is 1. The van der Waals surface area contributed by atoms with Gasteiger partial charge in [-0.25, -0.2) is 14.8 Å². The van der Waals surface area contributed by atoms with Crippen LogP contribution in [0.1, 0.15) is 37.3 Å². The molecule has 1 aromatic heterocycles. The maximum atomic E-state index is 12.7. The summed E-state index contributed by atoms with van der Waals surface area (Å²) in [6, 6.07) is 10.3. The standard InChI is InChI=1S/C25H33F3N6O/c1-19-17-33(23-30-15-22(16-31-23)25(26,27)28)13-14-34(19)24(35)29-10-7-20-8-11-32(12-9-20)18-21-5-3-2-4-6-21/h2-6,15-16,19-20H,7-14,17-18H2,1H3,(H,29,35)/t19-/m1/s1. The van der Waals surface area contributed by atoms with Gasteiger partial charge in [-0.15, -0.1) is 0 Å². The Labute approximate surface area is 204 Å². The van der Waals surface area contributed by atoms with Crippen molar-refractivity contribution in [2.24, 2.45) is 5.92 Å². The van der Waals surface area contributed by atoms with Crippen LogP contribution < -0.4 is 10.2 Å². The van der Waals surface area contributed by atoms with Crippen LogP contribution in [0.3, 0.4) is 0 Å². The number of piperidine rings is 1. The lowest BCUT2D eigenvalue weighted by Crippen LogP contribution is -2.57. The molecule has 1 aromatic carbocycles. The highest BCUT2D eigenvalue weighted by Gasteiger charge is 2.33. The summed E-state index contributed by atoms with van der Waals surface area (Å²) < 4.78 is 38.2. The molecule has 0 bridgehead atoms. The van der Waals surface area contributed by atoms with Gasteiger partial charge in [-0.3, -0.25) is 4.90 Å². The van der Waals surface area contributed by atoms with E-state index < -0.39 is 11.7 Å².